The monoisotopic (exact) mass is 265 g/mol. The Bertz CT molecular complexity index is 544. The molecule has 0 aliphatic rings. The number of halogens is 1. The SMILES string of the molecule is Cc1noc(C)c1-c1nc(Cl)cc(CC(C)C)n1. The molecule has 18 heavy (non-hydrogen) atoms. The molecule has 0 aromatic carbocycles. The van der Waals surface area contributed by atoms with Gasteiger partial charge in [-0.05, 0) is 32.3 Å². The van der Waals surface area contributed by atoms with E-state index >= 15 is 0 Å². The molecule has 0 saturated carbocycles. The maximum absolute atomic E-state index is 6.05. The van der Waals surface area contributed by atoms with Gasteiger partial charge in [-0.15, -0.1) is 0 Å². The van der Waals surface area contributed by atoms with Crippen LogP contribution in [0, 0.1) is 19.8 Å². The van der Waals surface area contributed by atoms with Gasteiger partial charge < -0.3 is 4.52 Å². The van der Waals surface area contributed by atoms with Gasteiger partial charge in [0.15, 0.2) is 5.82 Å². The number of nitrogens with zero attached hydrogens (tertiary/aromatic N) is 3. The molecule has 0 fully saturated rings. The van der Waals surface area contributed by atoms with Gasteiger partial charge in [-0.25, -0.2) is 9.97 Å². The molecule has 0 unspecified atom stereocenters. The van der Waals surface area contributed by atoms with Gasteiger partial charge in [0, 0.05) is 5.69 Å². The van der Waals surface area contributed by atoms with Crippen molar-refractivity contribution in [1.82, 2.24) is 15.1 Å². The molecule has 0 saturated heterocycles. The predicted octanol–water partition coefficient (Wildman–Crippen LogP) is 3.60. The van der Waals surface area contributed by atoms with Crippen molar-refractivity contribution in [2.75, 3.05) is 0 Å². The molecule has 2 rings (SSSR count). The lowest BCUT2D eigenvalue weighted by molar-refractivity contribution is 0.393. The average molecular weight is 266 g/mol. The van der Waals surface area contributed by atoms with E-state index in [4.69, 9.17) is 16.1 Å². The Morgan fingerprint density at radius 1 is 1.28 bits per heavy atom. The summed E-state index contributed by atoms with van der Waals surface area (Å²) in [6, 6.07) is 1.81. The van der Waals surface area contributed by atoms with E-state index in [0.717, 1.165) is 23.4 Å². The van der Waals surface area contributed by atoms with Crippen LogP contribution in [-0.2, 0) is 6.42 Å². The highest BCUT2D eigenvalue weighted by atomic mass is 35.5. The standard InChI is InChI=1S/C13H16ClN3O/c1-7(2)5-10-6-11(14)16-13(15-10)12-8(3)17-18-9(12)4/h6-7H,5H2,1-4H3. The first-order valence-corrected chi connectivity index (χ1v) is 6.32. The highest BCUT2D eigenvalue weighted by molar-refractivity contribution is 6.29. The van der Waals surface area contributed by atoms with Crippen molar-refractivity contribution >= 4 is 11.6 Å². The van der Waals surface area contributed by atoms with Crippen molar-refractivity contribution in [3.05, 3.63) is 28.4 Å². The van der Waals surface area contributed by atoms with Crippen molar-refractivity contribution in [3.8, 4) is 11.4 Å². The molecular formula is C13H16ClN3O. The molecule has 2 heterocycles. The van der Waals surface area contributed by atoms with Crippen LogP contribution >= 0.6 is 11.6 Å². The van der Waals surface area contributed by atoms with Crippen LogP contribution in [0.2, 0.25) is 5.15 Å². The fourth-order valence-corrected chi connectivity index (χ4v) is 2.11. The highest BCUT2D eigenvalue weighted by Gasteiger charge is 2.16. The summed E-state index contributed by atoms with van der Waals surface area (Å²) < 4.78 is 5.14. The van der Waals surface area contributed by atoms with Gasteiger partial charge in [-0.1, -0.05) is 30.6 Å². The molecule has 0 aliphatic carbocycles. The molecule has 2 aromatic rings. The summed E-state index contributed by atoms with van der Waals surface area (Å²) in [7, 11) is 0. The predicted molar refractivity (Wildman–Crippen MR) is 70.6 cm³/mol. The zero-order chi connectivity index (χ0) is 13.3. The summed E-state index contributed by atoms with van der Waals surface area (Å²) in [6.07, 6.45) is 0.874. The molecule has 4 nitrogen and oxygen atoms in total. The third kappa shape index (κ3) is 2.70. The summed E-state index contributed by atoms with van der Waals surface area (Å²) in [5.74, 6) is 1.83. The topological polar surface area (TPSA) is 51.8 Å². The molecule has 0 bridgehead atoms. The quantitative estimate of drug-likeness (QED) is 0.796. The van der Waals surface area contributed by atoms with Crippen LogP contribution in [0.15, 0.2) is 10.6 Å². The minimum absolute atomic E-state index is 0.454. The third-order valence-electron chi connectivity index (χ3n) is 2.62. The Morgan fingerprint density at radius 3 is 2.56 bits per heavy atom. The van der Waals surface area contributed by atoms with Crippen LogP contribution in [0.5, 0.6) is 0 Å². The number of aryl methyl sites for hydroxylation is 2. The minimum atomic E-state index is 0.454. The zero-order valence-corrected chi connectivity index (χ0v) is 11.7. The molecule has 2 aromatic heterocycles. The fourth-order valence-electron chi connectivity index (χ4n) is 1.90. The van der Waals surface area contributed by atoms with Gasteiger partial charge in [-0.3, -0.25) is 0 Å². The highest BCUT2D eigenvalue weighted by Crippen LogP contribution is 2.25. The van der Waals surface area contributed by atoms with Crippen molar-refractivity contribution in [3.63, 3.8) is 0 Å². The van der Waals surface area contributed by atoms with Crippen LogP contribution in [0.1, 0.15) is 31.0 Å². The second kappa shape index (κ2) is 5.06. The number of hydrogen-bond acceptors (Lipinski definition) is 4. The summed E-state index contributed by atoms with van der Waals surface area (Å²) in [5, 5.41) is 4.37. The summed E-state index contributed by atoms with van der Waals surface area (Å²) in [5.41, 5.74) is 2.56. The summed E-state index contributed by atoms with van der Waals surface area (Å²) in [6.45, 7) is 8.01. The first-order chi connectivity index (χ1) is 8.47. The molecule has 0 N–H and O–H groups in total. The fraction of sp³-hybridized carbons (Fsp3) is 0.462. The van der Waals surface area contributed by atoms with Crippen molar-refractivity contribution in [1.29, 1.82) is 0 Å². The van der Waals surface area contributed by atoms with Crippen molar-refractivity contribution in [2.45, 2.75) is 34.1 Å². The van der Waals surface area contributed by atoms with Crippen LogP contribution in [0.3, 0.4) is 0 Å². The van der Waals surface area contributed by atoms with Crippen LogP contribution in [-0.4, -0.2) is 15.1 Å². The van der Waals surface area contributed by atoms with Gasteiger partial charge >= 0.3 is 0 Å². The van der Waals surface area contributed by atoms with Gasteiger partial charge in [0.05, 0.1) is 11.3 Å². The van der Waals surface area contributed by atoms with Gasteiger partial charge in [0.1, 0.15) is 10.9 Å². The second-order valence-electron chi connectivity index (χ2n) is 4.80. The zero-order valence-electron chi connectivity index (χ0n) is 11.0. The Kier molecular flexibility index (Phi) is 3.66. The molecule has 96 valence electrons. The molecule has 0 radical (unpaired) electrons. The van der Waals surface area contributed by atoms with E-state index in [1.165, 1.54) is 0 Å². The molecule has 0 atom stereocenters. The molecule has 0 aliphatic heterocycles. The van der Waals surface area contributed by atoms with E-state index in [9.17, 15) is 0 Å². The number of rotatable bonds is 3. The van der Waals surface area contributed by atoms with E-state index in [1.807, 2.05) is 19.9 Å². The Morgan fingerprint density at radius 2 is 2.00 bits per heavy atom. The smallest absolute Gasteiger partial charge is 0.166 e. The Hall–Kier alpha value is -1.42. The third-order valence-corrected chi connectivity index (χ3v) is 2.82. The van der Waals surface area contributed by atoms with Gasteiger partial charge in [0.2, 0.25) is 0 Å². The second-order valence-corrected chi connectivity index (χ2v) is 5.19. The van der Waals surface area contributed by atoms with Crippen LogP contribution < -0.4 is 0 Å². The van der Waals surface area contributed by atoms with Gasteiger partial charge in [0.25, 0.3) is 0 Å². The first-order valence-electron chi connectivity index (χ1n) is 5.94. The Labute approximate surface area is 111 Å². The van der Waals surface area contributed by atoms with E-state index in [1.54, 1.807) is 0 Å². The lowest BCUT2D eigenvalue weighted by Crippen LogP contribution is -2.01. The van der Waals surface area contributed by atoms with E-state index in [2.05, 4.69) is 29.0 Å². The van der Waals surface area contributed by atoms with Gasteiger partial charge in [-0.2, -0.15) is 0 Å². The Balaban J connectivity index is 2.48. The summed E-state index contributed by atoms with van der Waals surface area (Å²) >= 11 is 6.05. The lowest BCUT2D eigenvalue weighted by atomic mass is 10.1. The minimum Gasteiger partial charge on any atom is -0.361 e. The van der Waals surface area contributed by atoms with Crippen LogP contribution in [0.25, 0.3) is 11.4 Å². The number of hydrogen-bond donors (Lipinski definition) is 0. The van der Waals surface area contributed by atoms with E-state index in [0.29, 0.717) is 22.7 Å². The molecular weight excluding hydrogens is 250 g/mol. The average Bonchev–Trinajstić information content (AvgIpc) is 2.56. The van der Waals surface area contributed by atoms with Crippen molar-refractivity contribution in [2.24, 2.45) is 5.92 Å². The summed E-state index contributed by atoms with van der Waals surface area (Å²) in [4.78, 5) is 8.80. The molecule has 0 spiro atoms. The normalized spacial score (nSPS) is 11.2. The van der Waals surface area contributed by atoms with E-state index in [-0.39, 0.29) is 0 Å². The lowest BCUT2D eigenvalue weighted by Gasteiger charge is -2.07. The molecule has 0 amide bonds. The maximum Gasteiger partial charge on any atom is 0.166 e. The molecule has 5 heteroatoms. The maximum atomic E-state index is 6.05. The van der Waals surface area contributed by atoms with Crippen LogP contribution in [0.4, 0.5) is 0 Å². The van der Waals surface area contributed by atoms with Crippen molar-refractivity contribution < 1.29 is 4.52 Å². The first kappa shape index (κ1) is 13.0. The largest absolute Gasteiger partial charge is 0.361 e. The van der Waals surface area contributed by atoms with E-state index < -0.39 is 0 Å². The number of aromatic nitrogens is 3.